The summed E-state index contributed by atoms with van der Waals surface area (Å²) in [5.41, 5.74) is 9.13. The van der Waals surface area contributed by atoms with Crippen molar-refractivity contribution in [3.63, 3.8) is 0 Å². The van der Waals surface area contributed by atoms with E-state index >= 15 is 0 Å². The van der Waals surface area contributed by atoms with Gasteiger partial charge in [0.25, 0.3) is 0 Å². The molecule has 0 radical (unpaired) electrons. The van der Waals surface area contributed by atoms with Gasteiger partial charge in [-0.25, -0.2) is 9.37 Å². The van der Waals surface area contributed by atoms with E-state index in [9.17, 15) is 4.39 Å². The second kappa shape index (κ2) is 5.41. The van der Waals surface area contributed by atoms with Crippen molar-refractivity contribution < 1.29 is 9.13 Å². The van der Waals surface area contributed by atoms with E-state index in [-0.39, 0.29) is 10.8 Å². The number of benzene rings is 1. The van der Waals surface area contributed by atoms with E-state index in [4.69, 9.17) is 22.7 Å². The number of aryl methyl sites for hydroxylation is 3. The highest BCUT2D eigenvalue weighted by molar-refractivity contribution is 7.80. The molecule has 2 aromatic rings. The number of nitrogens with two attached hydrogens (primary N) is 1. The second-order valence-corrected chi connectivity index (χ2v) is 5.62. The lowest BCUT2D eigenvalue weighted by molar-refractivity contribution is 0.457. The van der Waals surface area contributed by atoms with Gasteiger partial charge in [-0.15, -0.1) is 0 Å². The average Bonchev–Trinajstić information content (AvgIpc) is 2.89. The van der Waals surface area contributed by atoms with Gasteiger partial charge < -0.3 is 10.5 Å². The lowest BCUT2D eigenvalue weighted by Gasteiger charge is -2.12. The smallest absolute Gasteiger partial charge is 0.229 e. The summed E-state index contributed by atoms with van der Waals surface area (Å²) in [7, 11) is 0. The molecule has 21 heavy (non-hydrogen) atoms. The van der Waals surface area contributed by atoms with Crippen molar-refractivity contribution >= 4 is 17.2 Å². The predicted octanol–water partition coefficient (Wildman–Crippen LogP) is 3.44. The number of fused-ring (bicyclic) bond motifs is 1. The average molecular weight is 302 g/mol. The maximum absolute atomic E-state index is 13.3. The largest absolute Gasteiger partial charge is 0.438 e. The summed E-state index contributed by atoms with van der Waals surface area (Å²) in [6.45, 7) is 1.69. The van der Waals surface area contributed by atoms with E-state index in [2.05, 4.69) is 4.98 Å². The highest BCUT2D eigenvalue weighted by Crippen LogP contribution is 2.30. The molecule has 1 heterocycles. The summed E-state index contributed by atoms with van der Waals surface area (Å²) in [6.07, 6.45) is 3.01. The van der Waals surface area contributed by atoms with Crippen LogP contribution in [-0.2, 0) is 12.8 Å². The molecule has 0 atom stereocenters. The van der Waals surface area contributed by atoms with Gasteiger partial charge in [0.1, 0.15) is 16.6 Å². The molecular formula is C16H15FN2OS. The molecule has 2 N–H and O–H groups in total. The first-order chi connectivity index (χ1) is 10.0. The Bertz CT molecular complexity index is 730. The number of pyridine rings is 1. The summed E-state index contributed by atoms with van der Waals surface area (Å²) < 4.78 is 19.1. The van der Waals surface area contributed by atoms with Crippen LogP contribution < -0.4 is 10.5 Å². The molecule has 0 fully saturated rings. The van der Waals surface area contributed by atoms with Crippen molar-refractivity contribution in [2.75, 3.05) is 0 Å². The molecule has 0 spiro atoms. The summed E-state index contributed by atoms with van der Waals surface area (Å²) >= 11 is 5.08. The van der Waals surface area contributed by atoms with Gasteiger partial charge in [0.15, 0.2) is 0 Å². The van der Waals surface area contributed by atoms with E-state index in [1.807, 2.05) is 6.07 Å². The number of thiocarbonyl (C=S) groups is 1. The third-order valence-corrected chi connectivity index (χ3v) is 3.85. The Balaban J connectivity index is 2.01. The van der Waals surface area contributed by atoms with Crippen LogP contribution in [-0.4, -0.2) is 9.97 Å². The van der Waals surface area contributed by atoms with Crippen molar-refractivity contribution in [2.45, 2.75) is 26.2 Å². The highest BCUT2D eigenvalue weighted by atomic mass is 32.1. The molecule has 5 heteroatoms. The van der Waals surface area contributed by atoms with E-state index in [1.54, 1.807) is 19.1 Å². The lowest BCUT2D eigenvalue weighted by atomic mass is 10.1. The normalized spacial score (nSPS) is 13.0. The topological polar surface area (TPSA) is 48.1 Å². The van der Waals surface area contributed by atoms with E-state index in [0.29, 0.717) is 22.8 Å². The fraction of sp³-hybridized carbons (Fsp3) is 0.250. The van der Waals surface area contributed by atoms with Gasteiger partial charge in [-0.05, 0) is 61.6 Å². The minimum atomic E-state index is -0.265. The fourth-order valence-corrected chi connectivity index (χ4v) is 2.65. The zero-order valence-electron chi connectivity index (χ0n) is 11.6. The predicted molar refractivity (Wildman–Crippen MR) is 83.4 cm³/mol. The maximum atomic E-state index is 13.3. The van der Waals surface area contributed by atoms with Crippen molar-refractivity contribution in [1.82, 2.24) is 4.98 Å². The van der Waals surface area contributed by atoms with Crippen LogP contribution >= 0.6 is 12.2 Å². The number of halogens is 1. The first kappa shape index (κ1) is 13.9. The molecule has 108 valence electrons. The summed E-state index contributed by atoms with van der Waals surface area (Å²) in [4.78, 5) is 4.79. The van der Waals surface area contributed by atoms with Gasteiger partial charge >= 0.3 is 0 Å². The molecule has 1 aromatic heterocycles. The molecule has 0 saturated carbocycles. The lowest BCUT2D eigenvalue weighted by Crippen LogP contribution is -2.13. The quantitative estimate of drug-likeness (QED) is 0.882. The highest BCUT2D eigenvalue weighted by Gasteiger charge is 2.19. The molecular weight excluding hydrogens is 287 g/mol. The third-order valence-electron chi connectivity index (χ3n) is 3.63. The van der Waals surface area contributed by atoms with Gasteiger partial charge in [-0.3, -0.25) is 0 Å². The van der Waals surface area contributed by atoms with Crippen molar-refractivity contribution in [3.05, 3.63) is 52.5 Å². The SMILES string of the molecule is Cc1cc(Oc2nc3c(cc2C(N)=S)CCC3)ccc1F. The second-order valence-electron chi connectivity index (χ2n) is 5.18. The molecule has 0 amide bonds. The number of rotatable bonds is 3. The van der Waals surface area contributed by atoms with Crippen LogP contribution in [0.2, 0.25) is 0 Å². The van der Waals surface area contributed by atoms with Crippen LogP contribution in [0.15, 0.2) is 24.3 Å². The first-order valence-corrected chi connectivity index (χ1v) is 7.22. The van der Waals surface area contributed by atoms with Crippen LogP contribution in [0, 0.1) is 12.7 Å². The Morgan fingerprint density at radius 3 is 2.86 bits per heavy atom. The third kappa shape index (κ3) is 2.74. The Morgan fingerprint density at radius 1 is 1.33 bits per heavy atom. The van der Waals surface area contributed by atoms with Crippen LogP contribution in [0.4, 0.5) is 4.39 Å². The molecule has 0 saturated heterocycles. The molecule has 0 bridgehead atoms. The van der Waals surface area contributed by atoms with E-state index in [1.165, 1.54) is 11.6 Å². The van der Waals surface area contributed by atoms with E-state index < -0.39 is 0 Å². The van der Waals surface area contributed by atoms with Gasteiger partial charge in [-0.1, -0.05) is 12.2 Å². The Hall–Kier alpha value is -2.01. The van der Waals surface area contributed by atoms with Crippen LogP contribution in [0.1, 0.15) is 28.8 Å². The molecule has 0 aliphatic heterocycles. The Labute approximate surface area is 128 Å². The monoisotopic (exact) mass is 302 g/mol. The van der Waals surface area contributed by atoms with Crippen molar-refractivity contribution in [2.24, 2.45) is 5.73 Å². The van der Waals surface area contributed by atoms with Crippen LogP contribution in [0.3, 0.4) is 0 Å². The number of nitrogens with zero attached hydrogens (tertiary/aromatic N) is 1. The van der Waals surface area contributed by atoms with Gasteiger partial charge in [0.2, 0.25) is 5.88 Å². The van der Waals surface area contributed by atoms with Gasteiger partial charge in [-0.2, -0.15) is 0 Å². The molecule has 3 rings (SSSR count). The van der Waals surface area contributed by atoms with Crippen molar-refractivity contribution in [1.29, 1.82) is 0 Å². The number of hydrogen-bond acceptors (Lipinski definition) is 3. The number of aromatic nitrogens is 1. The fourth-order valence-electron chi connectivity index (χ4n) is 2.50. The molecule has 1 aliphatic rings. The summed E-state index contributed by atoms with van der Waals surface area (Å²) in [6, 6.07) is 6.54. The first-order valence-electron chi connectivity index (χ1n) is 6.81. The molecule has 3 nitrogen and oxygen atoms in total. The van der Waals surface area contributed by atoms with Gasteiger partial charge in [0, 0.05) is 5.69 Å². The maximum Gasteiger partial charge on any atom is 0.229 e. The van der Waals surface area contributed by atoms with Crippen molar-refractivity contribution in [3.8, 4) is 11.6 Å². The Kier molecular flexibility index (Phi) is 3.59. The minimum absolute atomic E-state index is 0.256. The molecule has 1 aliphatic carbocycles. The number of hydrogen-bond donors (Lipinski definition) is 1. The molecule has 1 aromatic carbocycles. The van der Waals surface area contributed by atoms with E-state index in [0.717, 1.165) is 25.0 Å². The zero-order chi connectivity index (χ0) is 15.0. The molecule has 0 unspecified atom stereocenters. The Morgan fingerprint density at radius 2 is 2.14 bits per heavy atom. The standard InChI is InChI=1S/C16H15FN2OS/c1-9-7-11(5-6-13(9)17)20-16-12(15(18)21)8-10-3-2-4-14(10)19-16/h5-8H,2-4H2,1H3,(H2,18,21). The minimum Gasteiger partial charge on any atom is -0.438 e. The summed E-state index contributed by atoms with van der Waals surface area (Å²) in [5.74, 6) is 0.657. The van der Waals surface area contributed by atoms with Gasteiger partial charge in [0.05, 0.1) is 5.56 Å². The van der Waals surface area contributed by atoms with Crippen LogP contribution in [0.5, 0.6) is 11.6 Å². The zero-order valence-corrected chi connectivity index (χ0v) is 12.5. The summed E-state index contributed by atoms with van der Waals surface area (Å²) in [5, 5.41) is 0. The number of ether oxygens (including phenoxy) is 1. The van der Waals surface area contributed by atoms with Crippen LogP contribution in [0.25, 0.3) is 0 Å².